The van der Waals surface area contributed by atoms with Crippen molar-refractivity contribution < 1.29 is 24.0 Å². The molecule has 0 radical (unpaired) electrons. The molecule has 0 saturated heterocycles. The number of nitro groups is 1. The van der Waals surface area contributed by atoms with Crippen molar-refractivity contribution in [3.05, 3.63) is 38.4 Å². The van der Waals surface area contributed by atoms with Crippen molar-refractivity contribution in [2.24, 2.45) is 17.8 Å². The van der Waals surface area contributed by atoms with Crippen LogP contribution in [0, 0.1) is 27.9 Å². The maximum Gasteiger partial charge on any atom is 0.307 e. The summed E-state index contributed by atoms with van der Waals surface area (Å²) in [6, 6.07) is 4.50. The van der Waals surface area contributed by atoms with Crippen LogP contribution in [0.4, 0.5) is 5.69 Å². The van der Waals surface area contributed by atoms with Gasteiger partial charge in [-0.2, -0.15) is 0 Å². The van der Waals surface area contributed by atoms with E-state index in [1.54, 1.807) is 6.92 Å². The Morgan fingerprint density at radius 3 is 2.70 bits per heavy atom. The van der Waals surface area contributed by atoms with Crippen LogP contribution in [0.25, 0.3) is 0 Å². The molecule has 146 valence electrons. The second-order valence-electron chi connectivity index (χ2n) is 6.47. The number of benzene rings is 1. The maximum absolute atomic E-state index is 12.0. The first-order valence-corrected chi connectivity index (χ1v) is 8.98. The summed E-state index contributed by atoms with van der Waals surface area (Å²) in [6.07, 6.45) is -0.0807. The van der Waals surface area contributed by atoms with Gasteiger partial charge in [-0.3, -0.25) is 24.5 Å². The second-order valence-corrected chi connectivity index (χ2v) is 7.31. The third-order valence-corrected chi connectivity index (χ3v) is 5.05. The number of nitrogens with zero attached hydrogens (tertiary/aromatic N) is 1. The number of nitrogens with one attached hydrogen (secondary N) is 1. The monoisotopic (exact) mass is 416 g/mol. The zero-order valence-corrected chi connectivity index (χ0v) is 16.0. The van der Waals surface area contributed by atoms with Crippen molar-refractivity contribution in [3.8, 4) is 0 Å². The summed E-state index contributed by atoms with van der Waals surface area (Å²) >= 11 is 11.7. The number of anilines is 1. The average molecular weight is 417 g/mol. The van der Waals surface area contributed by atoms with Crippen LogP contribution in [0.3, 0.4) is 0 Å². The topological polar surface area (TPSA) is 116 Å². The van der Waals surface area contributed by atoms with Gasteiger partial charge in [0.15, 0.2) is 6.61 Å². The minimum Gasteiger partial charge on any atom is -0.456 e. The number of Topliss-reactive ketones (excluding diaryl/α,β-unsaturated/α-hetero) is 1. The molecule has 27 heavy (non-hydrogen) atoms. The highest BCUT2D eigenvalue weighted by Crippen LogP contribution is 2.36. The van der Waals surface area contributed by atoms with E-state index in [1.807, 2.05) is 0 Å². The molecule has 0 unspecified atom stereocenters. The lowest BCUT2D eigenvalue weighted by molar-refractivity contribution is -0.490. The van der Waals surface area contributed by atoms with Crippen LogP contribution in [-0.2, 0) is 19.1 Å². The summed E-state index contributed by atoms with van der Waals surface area (Å²) in [5.74, 6) is -3.00. The molecule has 1 N–H and O–H groups in total. The van der Waals surface area contributed by atoms with Gasteiger partial charge < -0.3 is 10.1 Å². The van der Waals surface area contributed by atoms with E-state index in [2.05, 4.69) is 5.32 Å². The van der Waals surface area contributed by atoms with Crippen molar-refractivity contribution in [2.45, 2.75) is 19.8 Å². The van der Waals surface area contributed by atoms with Crippen LogP contribution < -0.4 is 5.32 Å². The van der Waals surface area contributed by atoms with Gasteiger partial charge in [-0.1, -0.05) is 30.1 Å². The first-order valence-electron chi connectivity index (χ1n) is 8.22. The van der Waals surface area contributed by atoms with Crippen molar-refractivity contribution in [1.82, 2.24) is 0 Å². The fraction of sp³-hybridized carbons (Fsp3) is 0.471. The molecule has 0 bridgehead atoms. The van der Waals surface area contributed by atoms with Crippen LogP contribution in [0.5, 0.6) is 0 Å². The van der Waals surface area contributed by atoms with Gasteiger partial charge in [0, 0.05) is 28.2 Å². The Morgan fingerprint density at radius 2 is 2.07 bits per heavy atom. The molecule has 0 aromatic heterocycles. The Labute approximate surface area is 165 Å². The Bertz CT molecular complexity index is 770. The molecule has 3 atom stereocenters. The van der Waals surface area contributed by atoms with Crippen molar-refractivity contribution >= 4 is 46.5 Å². The number of hydrogen-bond donors (Lipinski definition) is 1. The highest BCUT2D eigenvalue weighted by molar-refractivity contribution is 6.36. The van der Waals surface area contributed by atoms with Crippen LogP contribution in [0.1, 0.15) is 19.8 Å². The van der Waals surface area contributed by atoms with Crippen LogP contribution in [0.2, 0.25) is 10.0 Å². The summed E-state index contributed by atoms with van der Waals surface area (Å²) in [6.45, 7) is 0.815. The molecule has 1 aromatic rings. The molecule has 1 aliphatic rings. The van der Waals surface area contributed by atoms with Gasteiger partial charge in [0.2, 0.25) is 6.54 Å². The van der Waals surface area contributed by atoms with E-state index in [0.717, 1.165) is 0 Å². The lowest BCUT2D eigenvalue weighted by Gasteiger charge is -2.17. The quantitative estimate of drug-likeness (QED) is 0.414. The van der Waals surface area contributed by atoms with Crippen LogP contribution in [0.15, 0.2) is 18.2 Å². The number of hydrogen-bond acceptors (Lipinski definition) is 6. The molecule has 2 rings (SSSR count). The maximum atomic E-state index is 12.0. The van der Waals surface area contributed by atoms with Gasteiger partial charge in [0.25, 0.3) is 5.91 Å². The first-order chi connectivity index (χ1) is 12.7. The van der Waals surface area contributed by atoms with Crippen molar-refractivity contribution in [1.29, 1.82) is 0 Å². The van der Waals surface area contributed by atoms with Crippen LogP contribution >= 0.6 is 23.2 Å². The van der Waals surface area contributed by atoms with E-state index in [1.165, 1.54) is 18.2 Å². The smallest absolute Gasteiger partial charge is 0.307 e. The van der Waals surface area contributed by atoms with Gasteiger partial charge >= 0.3 is 5.97 Å². The van der Waals surface area contributed by atoms with E-state index in [9.17, 15) is 24.5 Å². The summed E-state index contributed by atoms with van der Waals surface area (Å²) in [7, 11) is 0. The highest BCUT2D eigenvalue weighted by Gasteiger charge is 2.44. The zero-order chi connectivity index (χ0) is 20.1. The number of carbonyl (C=O) groups excluding carboxylic acids is 3. The molecule has 1 fully saturated rings. The van der Waals surface area contributed by atoms with E-state index in [-0.39, 0.29) is 36.1 Å². The first kappa shape index (κ1) is 21.1. The molecule has 0 heterocycles. The summed E-state index contributed by atoms with van der Waals surface area (Å²) in [5, 5.41) is 13.9. The molecule has 10 heteroatoms. The Morgan fingerprint density at radius 1 is 1.37 bits per heavy atom. The van der Waals surface area contributed by atoms with Gasteiger partial charge in [0.05, 0.1) is 17.1 Å². The van der Waals surface area contributed by atoms with Gasteiger partial charge in [-0.25, -0.2) is 0 Å². The third kappa shape index (κ3) is 5.90. The summed E-state index contributed by atoms with van der Waals surface area (Å²) < 4.78 is 4.90. The molecule has 0 spiro atoms. The average Bonchev–Trinajstić information content (AvgIpc) is 2.82. The van der Waals surface area contributed by atoms with Gasteiger partial charge in [0.1, 0.15) is 5.78 Å². The number of amides is 1. The zero-order valence-electron chi connectivity index (χ0n) is 14.4. The fourth-order valence-electron chi connectivity index (χ4n) is 3.16. The second kappa shape index (κ2) is 9.14. The summed E-state index contributed by atoms with van der Waals surface area (Å²) in [5.41, 5.74) is 0.313. The Balaban J connectivity index is 1.86. The van der Waals surface area contributed by atoms with Crippen LogP contribution in [-0.4, -0.2) is 35.7 Å². The minimum atomic E-state index is -0.758. The van der Waals surface area contributed by atoms with Crippen molar-refractivity contribution in [3.63, 3.8) is 0 Å². The SMILES string of the molecule is C[C@@H]1CC(=O)[C@H](CC(=O)OCC(=O)Nc2ccc(Cl)cc2Cl)[C@@H]1C[N+](=O)[O-]. The predicted molar refractivity (Wildman–Crippen MR) is 98.3 cm³/mol. The fourth-order valence-corrected chi connectivity index (χ4v) is 3.62. The number of halogens is 2. The number of ether oxygens (including phenoxy) is 1. The van der Waals surface area contributed by atoms with Crippen molar-refractivity contribution in [2.75, 3.05) is 18.5 Å². The normalized spacial score (nSPS) is 21.7. The third-order valence-electron chi connectivity index (χ3n) is 4.50. The molecule has 1 aliphatic carbocycles. The minimum absolute atomic E-state index is 0.170. The summed E-state index contributed by atoms with van der Waals surface area (Å²) in [4.78, 5) is 46.2. The van der Waals surface area contributed by atoms with E-state index >= 15 is 0 Å². The number of carbonyl (C=O) groups is 3. The number of ketones is 1. The predicted octanol–water partition coefficient (Wildman–Crippen LogP) is 2.98. The largest absolute Gasteiger partial charge is 0.456 e. The molecular formula is C17H18Cl2N2O6. The van der Waals surface area contributed by atoms with Gasteiger partial charge in [-0.15, -0.1) is 0 Å². The Kier molecular flexibility index (Phi) is 7.15. The molecular weight excluding hydrogens is 399 g/mol. The van der Waals surface area contributed by atoms with E-state index in [0.29, 0.717) is 10.7 Å². The highest BCUT2D eigenvalue weighted by atomic mass is 35.5. The molecule has 1 amide bonds. The van der Waals surface area contributed by atoms with E-state index < -0.39 is 35.2 Å². The molecule has 0 aliphatic heterocycles. The number of rotatable bonds is 7. The number of esters is 1. The standard InChI is InChI=1S/C17H18Cl2N2O6/c1-9-4-15(22)11(12(9)7-21(25)26)6-17(24)27-8-16(23)20-14-3-2-10(18)5-13(14)19/h2-3,5,9,11-12H,4,6-8H2,1H3,(H,20,23)/t9-,11-,12-/m1/s1. The lowest BCUT2D eigenvalue weighted by atomic mass is 9.88. The molecule has 8 nitrogen and oxygen atoms in total. The van der Waals surface area contributed by atoms with Gasteiger partial charge in [-0.05, 0) is 24.1 Å². The van der Waals surface area contributed by atoms with E-state index in [4.69, 9.17) is 27.9 Å². The molecule has 1 aromatic carbocycles. The molecule has 1 saturated carbocycles. The lowest BCUT2D eigenvalue weighted by Crippen LogP contribution is -2.28. The Hall–Kier alpha value is -2.19.